The summed E-state index contributed by atoms with van der Waals surface area (Å²) in [6, 6.07) is -0.154. The Morgan fingerprint density at radius 2 is 2.11 bits per heavy atom. The molecule has 0 radical (unpaired) electrons. The van der Waals surface area contributed by atoms with E-state index in [0.717, 1.165) is 13.1 Å². The largest absolute Gasteiger partial charge is 0.378 e. The van der Waals surface area contributed by atoms with Gasteiger partial charge < -0.3 is 15.4 Å². The van der Waals surface area contributed by atoms with Crippen LogP contribution in [0.1, 0.15) is 13.3 Å². The molecule has 2 amide bonds. The second kappa shape index (κ2) is 5.67. The molecule has 1 atom stereocenters. The standard InChI is InChI=1S/C12H21N3O3/c1-2-14-3-4-18-8-10(14)12(17)15-6-9(7-15)5-11(13)16/h9-10H,2-8H2,1H3,(H2,13,16). The smallest absolute Gasteiger partial charge is 0.242 e. The summed E-state index contributed by atoms with van der Waals surface area (Å²) in [6.07, 6.45) is 0.377. The van der Waals surface area contributed by atoms with Crippen LogP contribution in [0.2, 0.25) is 0 Å². The molecule has 2 heterocycles. The Balaban J connectivity index is 1.83. The third-order valence-electron chi connectivity index (χ3n) is 3.69. The van der Waals surface area contributed by atoms with Crippen LogP contribution < -0.4 is 5.73 Å². The molecule has 2 aliphatic rings. The van der Waals surface area contributed by atoms with Crippen LogP contribution in [0.5, 0.6) is 0 Å². The summed E-state index contributed by atoms with van der Waals surface area (Å²) < 4.78 is 5.38. The van der Waals surface area contributed by atoms with Crippen LogP contribution in [0.4, 0.5) is 0 Å². The third-order valence-corrected chi connectivity index (χ3v) is 3.69. The zero-order valence-electron chi connectivity index (χ0n) is 10.8. The number of hydrogen-bond acceptors (Lipinski definition) is 4. The van der Waals surface area contributed by atoms with Crippen molar-refractivity contribution in [2.45, 2.75) is 19.4 Å². The van der Waals surface area contributed by atoms with Gasteiger partial charge in [-0.1, -0.05) is 6.92 Å². The van der Waals surface area contributed by atoms with Gasteiger partial charge in [-0.2, -0.15) is 0 Å². The zero-order valence-corrected chi connectivity index (χ0v) is 10.8. The highest BCUT2D eigenvalue weighted by molar-refractivity contribution is 5.83. The summed E-state index contributed by atoms with van der Waals surface area (Å²) in [5, 5.41) is 0. The molecule has 2 aliphatic heterocycles. The molecule has 18 heavy (non-hydrogen) atoms. The number of nitrogens with two attached hydrogens (primary N) is 1. The number of primary amides is 1. The first kappa shape index (κ1) is 13.3. The first-order valence-corrected chi connectivity index (χ1v) is 6.50. The van der Waals surface area contributed by atoms with E-state index in [-0.39, 0.29) is 23.8 Å². The molecule has 2 fully saturated rings. The summed E-state index contributed by atoms with van der Waals surface area (Å²) in [4.78, 5) is 27.0. The van der Waals surface area contributed by atoms with E-state index in [9.17, 15) is 9.59 Å². The van der Waals surface area contributed by atoms with E-state index < -0.39 is 0 Å². The van der Waals surface area contributed by atoms with Crippen LogP contribution in [0, 0.1) is 5.92 Å². The fourth-order valence-electron chi connectivity index (χ4n) is 2.62. The maximum absolute atomic E-state index is 12.3. The van der Waals surface area contributed by atoms with Gasteiger partial charge in [0.2, 0.25) is 11.8 Å². The SMILES string of the molecule is CCN1CCOCC1C(=O)N1CC(CC(N)=O)C1. The predicted octanol–water partition coefficient (Wildman–Crippen LogP) is -0.959. The number of rotatable bonds is 4. The lowest BCUT2D eigenvalue weighted by molar-refractivity contribution is -0.150. The van der Waals surface area contributed by atoms with Crippen molar-refractivity contribution in [2.24, 2.45) is 11.7 Å². The van der Waals surface area contributed by atoms with Crippen molar-refractivity contribution < 1.29 is 14.3 Å². The second-order valence-corrected chi connectivity index (χ2v) is 5.00. The van der Waals surface area contributed by atoms with Crippen molar-refractivity contribution in [3.8, 4) is 0 Å². The van der Waals surface area contributed by atoms with Crippen molar-refractivity contribution >= 4 is 11.8 Å². The Morgan fingerprint density at radius 1 is 1.39 bits per heavy atom. The molecule has 0 spiro atoms. The first-order chi connectivity index (χ1) is 8.61. The topological polar surface area (TPSA) is 75.9 Å². The minimum atomic E-state index is -0.289. The van der Waals surface area contributed by atoms with E-state index in [2.05, 4.69) is 11.8 Å². The van der Waals surface area contributed by atoms with E-state index in [1.807, 2.05) is 0 Å². The number of hydrogen-bond donors (Lipinski definition) is 1. The van der Waals surface area contributed by atoms with Crippen LogP contribution in [0.15, 0.2) is 0 Å². The Kier molecular flexibility index (Phi) is 4.19. The molecule has 0 aromatic carbocycles. The summed E-state index contributed by atoms with van der Waals surface area (Å²) in [5.41, 5.74) is 5.14. The average molecular weight is 255 g/mol. The molecule has 2 saturated heterocycles. The van der Waals surface area contributed by atoms with E-state index in [4.69, 9.17) is 10.5 Å². The van der Waals surface area contributed by atoms with Gasteiger partial charge in [-0.3, -0.25) is 14.5 Å². The Bertz CT molecular complexity index is 329. The summed E-state index contributed by atoms with van der Waals surface area (Å²) >= 11 is 0. The van der Waals surface area contributed by atoms with Crippen LogP contribution in [0.3, 0.4) is 0 Å². The molecular formula is C12H21N3O3. The fourth-order valence-corrected chi connectivity index (χ4v) is 2.62. The fraction of sp³-hybridized carbons (Fsp3) is 0.833. The van der Waals surface area contributed by atoms with E-state index in [1.165, 1.54) is 0 Å². The van der Waals surface area contributed by atoms with Crippen molar-refractivity contribution in [1.82, 2.24) is 9.80 Å². The molecule has 102 valence electrons. The highest BCUT2D eigenvalue weighted by atomic mass is 16.5. The third kappa shape index (κ3) is 2.81. The number of likely N-dealkylation sites (N-methyl/N-ethyl adjacent to an activating group) is 1. The molecule has 0 aliphatic carbocycles. The summed E-state index contributed by atoms with van der Waals surface area (Å²) in [6.45, 7) is 6.19. The number of morpholine rings is 1. The second-order valence-electron chi connectivity index (χ2n) is 5.00. The zero-order chi connectivity index (χ0) is 13.1. The number of ether oxygens (including phenoxy) is 1. The number of nitrogens with zero attached hydrogens (tertiary/aromatic N) is 2. The first-order valence-electron chi connectivity index (χ1n) is 6.50. The van der Waals surface area contributed by atoms with Crippen LogP contribution >= 0.6 is 0 Å². The molecule has 6 nitrogen and oxygen atoms in total. The van der Waals surface area contributed by atoms with Crippen molar-refractivity contribution in [3.63, 3.8) is 0 Å². The molecule has 0 saturated carbocycles. The minimum absolute atomic E-state index is 0.122. The maximum atomic E-state index is 12.3. The average Bonchev–Trinajstić information content (AvgIpc) is 2.32. The quantitative estimate of drug-likeness (QED) is 0.702. The van der Waals surface area contributed by atoms with Gasteiger partial charge in [0.05, 0.1) is 13.2 Å². The number of likely N-dealkylation sites (tertiary alicyclic amines) is 1. The molecule has 1 unspecified atom stereocenters. The Hall–Kier alpha value is -1.14. The Morgan fingerprint density at radius 3 is 2.72 bits per heavy atom. The lowest BCUT2D eigenvalue weighted by Crippen LogP contribution is -2.60. The van der Waals surface area contributed by atoms with E-state index in [0.29, 0.717) is 32.7 Å². The van der Waals surface area contributed by atoms with Gasteiger partial charge in [0.15, 0.2) is 0 Å². The maximum Gasteiger partial charge on any atom is 0.242 e. The molecule has 6 heteroatoms. The highest BCUT2D eigenvalue weighted by Crippen LogP contribution is 2.21. The minimum Gasteiger partial charge on any atom is -0.378 e. The van der Waals surface area contributed by atoms with Gasteiger partial charge in [-0.15, -0.1) is 0 Å². The van der Waals surface area contributed by atoms with Gasteiger partial charge in [0.25, 0.3) is 0 Å². The number of carbonyl (C=O) groups is 2. The van der Waals surface area contributed by atoms with E-state index in [1.54, 1.807) is 4.90 Å². The van der Waals surface area contributed by atoms with Crippen molar-refractivity contribution in [1.29, 1.82) is 0 Å². The van der Waals surface area contributed by atoms with Gasteiger partial charge >= 0.3 is 0 Å². The Labute approximate surface area is 107 Å². The van der Waals surface area contributed by atoms with Gasteiger partial charge in [-0.25, -0.2) is 0 Å². The van der Waals surface area contributed by atoms with Gasteiger partial charge in [0.1, 0.15) is 6.04 Å². The lowest BCUT2D eigenvalue weighted by atomic mass is 9.95. The molecular weight excluding hydrogens is 234 g/mol. The van der Waals surface area contributed by atoms with Gasteiger partial charge in [-0.05, 0) is 6.54 Å². The van der Waals surface area contributed by atoms with E-state index >= 15 is 0 Å². The number of carbonyl (C=O) groups excluding carboxylic acids is 2. The monoisotopic (exact) mass is 255 g/mol. The van der Waals surface area contributed by atoms with Gasteiger partial charge in [0, 0.05) is 32.0 Å². The molecule has 2 rings (SSSR count). The van der Waals surface area contributed by atoms with Crippen LogP contribution in [0.25, 0.3) is 0 Å². The molecule has 2 N–H and O–H groups in total. The molecule has 0 aromatic rings. The van der Waals surface area contributed by atoms with Crippen molar-refractivity contribution in [3.05, 3.63) is 0 Å². The predicted molar refractivity (Wildman–Crippen MR) is 65.7 cm³/mol. The highest BCUT2D eigenvalue weighted by Gasteiger charge is 2.38. The molecule has 0 bridgehead atoms. The lowest BCUT2D eigenvalue weighted by Gasteiger charge is -2.43. The number of amides is 2. The van der Waals surface area contributed by atoms with Crippen LogP contribution in [-0.2, 0) is 14.3 Å². The normalized spacial score (nSPS) is 25.8. The summed E-state index contributed by atoms with van der Waals surface area (Å²) in [5.74, 6) is 0.0755. The van der Waals surface area contributed by atoms with Crippen molar-refractivity contribution in [2.75, 3.05) is 39.4 Å². The molecule has 0 aromatic heterocycles. The van der Waals surface area contributed by atoms with Crippen LogP contribution in [-0.4, -0.2) is 67.0 Å². The summed E-state index contributed by atoms with van der Waals surface area (Å²) in [7, 11) is 0.